The Morgan fingerprint density at radius 1 is 1.38 bits per heavy atom. The van der Waals surface area contributed by atoms with Crippen LogP contribution in [0.4, 0.5) is 10.1 Å². The first-order valence-electron chi connectivity index (χ1n) is 4.90. The Hall–Kier alpha value is -1.06. The van der Waals surface area contributed by atoms with Gasteiger partial charge in [0, 0.05) is 11.1 Å². The highest BCUT2D eigenvalue weighted by molar-refractivity contribution is 7.07. The Balaban J connectivity index is 2.17. The van der Waals surface area contributed by atoms with Crippen LogP contribution in [0.3, 0.4) is 0 Å². The van der Waals surface area contributed by atoms with Gasteiger partial charge in [-0.15, -0.1) is 0 Å². The Morgan fingerprint density at radius 2 is 2.19 bits per heavy atom. The Morgan fingerprint density at radius 3 is 2.88 bits per heavy atom. The zero-order valence-corrected chi connectivity index (χ0v) is 10.3. The maximum absolute atomic E-state index is 13.5. The average molecular weight is 256 g/mol. The fourth-order valence-corrected chi connectivity index (χ4v) is 2.37. The molecule has 1 unspecified atom stereocenters. The van der Waals surface area contributed by atoms with Gasteiger partial charge in [-0.05, 0) is 47.5 Å². The molecular weight excluding hydrogens is 245 g/mol. The molecule has 0 radical (unpaired) electrons. The van der Waals surface area contributed by atoms with Crippen molar-refractivity contribution in [2.45, 2.75) is 13.0 Å². The highest BCUT2D eigenvalue weighted by atomic mass is 35.5. The van der Waals surface area contributed by atoms with Gasteiger partial charge in [-0.1, -0.05) is 11.6 Å². The molecule has 2 aromatic rings. The molecule has 0 saturated carbocycles. The second-order valence-corrected chi connectivity index (χ2v) is 4.76. The van der Waals surface area contributed by atoms with Crippen LogP contribution < -0.4 is 5.32 Å². The molecule has 1 aromatic carbocycles. The molecule has 0 saturated heterocycles. The van der Waals surface area contributed by atoms with E-state index in [9.17, 15) is 4.39 Å². The molecule has 1 N–H and O–H groups in total. The predicted molar refractivity (Wildman–Crippen MR) is 67.8 cm³/mol. The van der Waals surface area contributed by atoms with Crippen LogP contribution in [0, 0.1) is 5.82 Å². The van der Waals surface area contributed by atoms with Crippen molar-refractivity contribution in [1.29, 1.82) is 0 Å². The molecule has 0 aliphatic carbocycles. The summed E-state index contributed by atoms with van der Waals surface area (Å²) in [4.78, 5) is 0. The molecule has 0 fully saturated rings. The molecule has 1 aromatic heterocycles. The van der Waals surface area contributed by atoms with Crippen molar-refractivity contribution >= 4 is 28.6 Å². The highest BCUT2D eigenvalue weighted by Crippen LogP contribution is 2.25. The fourth-order valence-electron chi connectivity index (χ4n) is 1.45. The lowest BCUT2D eigenvalue weighted by Gasteiger charge is -2.14. The fraction of sp³-hybridized carbons (Fsp3) is 0.167. The van der Waals surface area contributed by atoms with Gasteiger partial charge in [0.1, 0.15) is 5.82 Å². The van der Waals surface area contributed by atoms with E-state index in [1.54, 1.807) is 17.4 Å². The molecule has 1 heterocycles. The lowest BCUT2D eigenvalue weighted by atomic mass is 10.1. The third kappa shape index (κ3) is 2.54. The zero-order chi connectivity index (χ0) is 11.5. The van der Waals surface area contributed by atoms with E-state index in [4.69, 9.17) is 11.6 Å². The summed E-state index contributed by atoms with van der Waals surface area (Å²) in [6, 6.07) is 6.59. The molecule has 1 atom stereocenters. The molecule has 0 bridgehead atoms. The van der Waals surface area contributed by atoms with Crippen molar-refractivity contribution in [3.05, 3.63) is 51.4 Å². The molecule has 0 aliphatic rings. The molecule has 1 nitrogen and oxygen atoms in total. The minimum Gasteiger partial charge on any atom is -0.376 e. The summed E-state index contributed by atoms with van der Waals surface area (Å²) < 4.78 is 13.5. The number of rotatable bonds is 3. The summed E-state index contributed by atoms with van der Waals surface area (Å²) in [5.74, 6) is -0.286. The molecule has 0 amide bonds. The van der Waals surface area contributed by atoms with Crippen molar-refractivity contribution in [2.24, 2.45) is 0 Å². The van der Waals surface area contributed by atoms with Crippen LogP contribution in [0.25, 0.3) is 0 Å². The summed E-state index contributed by atoms with van der Waals surface area (Å²) in [6.07, 6.45) is 0. The van der Waals surface area contributed by atoms with Gasteiger partial charge in [-0.2, -0.15) is 11.3 Å². The highest BCUT2D eigenvalue weighted by Gasteiger charge is 2.09. The van der Waals surface area contributed by atoms with Gasteiger partial charge in [0.2, 0.25) is 0 Å². The van der Waals surface area contributed by atoms with Gasteiger partial charge in [-0.3, -0.25) is 0 Å². The monoisotopic (exact) mass is 255 g/mol. The normalized spacial score (nSPS) is 12.4. The number of hydrogen-bond acceptors (Lipinski definition) is 2. The Bertz CT molecular complexity index is 470. The minimum atomic E-state index is -0.286. The van der Waals surface area contributed by atoms with Gasteiger partial charge in [0.15, 0.2) is 0 Å². The SMILES string of the molecule is CC(Nc1cc(Cl)ccc1F)c1ccsc1. The first-order chi connectivity index (χ1) is 7.66. The van der Waals surface area contributed by atoms with Gasteiger partial charge in [-0.25, -0.2) is 4.39 Å². The standard InChI is InChI=1S/C12H11ClFNS/c1-8(9-4-5-16-7-9)15-12-6-10(13)2-3-11(12)14/h2-8,15H,1H3. The van der Waals surface area contributed by atoms with E-state index in [-0.39, 0.29) is 11.9 Å². The molecule has 0 spiro atoms. The topological polar surface area (TPSA) is 12.0 Å². The molecule has 0 aliphatic heterocycles. The number of hydrogen-bond donors (Lipinski definition) is 1. The second kappa shape index (κ2) is 4.85. The largest absolute Gasteiger partial charge is 0.376 e. The number of thiophene rings is 1. The number of nitrogens with one attached hydrogen (secondary N) is 1. The maximum Gasteiger partial charge on any atom is 0.146 e. The average Bonchev–Trinajstić information content (AvgIpc) is 2.76. The lowest BCUT2D eigenvalue weighted by molar-refractivity contribution is 0.627. The van der Waals surface area contributed by atoms with Crippen molar-refractivity contribution in [2.75, 3.05) is 5.32 Å². The van der Waals surface area contributed by atoms with Crippen LogP contribution in [-0.4, -0.2) is 0 Å². The predicted octanol–water partition coefficient (Wildman–Crippen LogP) is 4.71. The van der Waals surface area contributed by atoms with E-state index in [1.807, 2.05) is 23.8 Å². The van der Waals surface area contributed by atoms with Crippen LogP contribution in [0.5, 0.6) is 0 Å². The van der Waals surface area contributed by atoms with Crippen LogP contribution in [-0.2, 0) is 0 Å². The minimum absolute atomic E-state index is 0.0687. The lowest BCUT2D eigenvalue weighted by Crippen LogP contribution is -2.06. The molecular formula is C12H11ClFNS. The summed E-state index contributed by atoms with van der Waals surface area (Å²) in [5, 5.41) is 7.67. The quantitative estimate of drug-likeness (QED) is 0.837. The van der Waals surface area contributed by atoms with Crippen LogP contribution in [0.2, 0.25) is 5.02 Å². The van der Waals surface area contributed by atoms with Gasteiger partial charge in [0.05, 0.1) is 5.69 Å². The number of halogens is 2. The van der Waals surface area contributed by atoms with Gasteiger partial charge < -0.3 is 5.32 Å². The van der Waals surface area contributed by atoms with E-state index in [0.717, 1.165) is 5.56 Å². The Kier molecular flexibility index (Phi) is 3.46. The van der Waals surface area contributed by atoms with Crippen LogP contribution in [0.15, 0.2) is 35.0 Å². The molecule has 2 rings (SSSR count). The Labute approximate surface area is 103 Å². The van der Waals surface area contributed by atoms with Crippen LogP contribution in [0.1, 0.15) is 18.5 Å². The van der Waals surface area contributed by atoms with Crippen molar-refractivity contribution < 1.29 is 4.39 Å². The first kappa shape index (κ1) is 11.4. The van der Waals surface area contributed by atoms with E-state index in [1.165, 1.54) is 12.1 Å². The van der Waals surface area contributed by atoms with E-state index >= 15 is 0 Å². The smallest absolute Gasteiger partial charge is 0.146 e. The number of anilines is 1. The summed E-state index contributed by atoms with van der Waals surface area (Å²) >= 11 is 7.45. The van der Waals surface area contributed by atoms with Crippen molar-refractivity contribution in [1.82, 2.24) is 0 Å². The number of benzene rings is 1. The van der Waals surface area contributed by atoms with Gasteiger partial charge >= 0.3 is 0 Å². The summed E-state index contributed by atoms with van der Waals surface area (Å²) in [7, 11) is 0. The third-order valence-electron chi connectivity index (χ3n) is 2.34. The van der Waals surface area contributed by atoms with Crippen LogP contribution >= 0.6 is 22.9 Å². The van der Waals surface area contributed by atoms with Crippen molar-refractivity contribution in [3.63, 3.8) is 0 Å². The van der Waals surface area contributed by atoms with Gasteiger partial charge in [0.25, 0.3) is 0 Å². The molecule has 4 heteroatoms. The summed E-state index contributed by atoms with van der Waals surface area (Å²) in [5.41, 5.74) is 1.58. The first-order valence-corrected chi connectivity index (χ1v) is 6.22. The molecule has 16 heavy (non-hydrogen) atoms. The second-order valence-electron chi connectivity index (χ2n) is 3.55. The van der Waals surface area contributed by atoms with E-state index in [2.05, 4.69) is 5.32 Å². The van der Waals surface area contributed by atoms with E-state index in [0.29, 0.717) is 10.7 Å². The zero-order valence-electron chi connectivity index (χ0n) is 8.71. The summed E-state index contributed by atoms with van der Waals surface area (Å²) in [6.45, 7) is 1.99. The van der Waals surface area contributed by atoms with E-state index < -0.39 is 0 Å². The molecule has 84 valence electrons. The maximum atomic E-state index is 13.5. The van der Waals surface area contributed by atoms with Crippen molar-refractivity contribution in [3.8, 4) is 0 Å². The third-order valence-corrected chi connectivity index (χ3v) is 3.28.